The summed E-state index contributed by atoms with van der Waals surface area (Å²) < 4.78 is 5.31. The van der Waals surface area contributed by atoms with Crippen molar-refractivity contribution in [1.29, 1.82) is 0 Å². The predicted octanol–water partition coefficient (Wildman–Crippen LogP) is 1.45. The van der Waals surface area contributed by atoms with Crippen molar-refractivity contribution in [2.24, 2.45) is 0 Å². The molecule has 0 radical (unpaired) electrons. The number of carbonyl (C=O) groups is 2. The second-order valence-corrected chi connectivity index (χ2v) is 5.86. The molecule has 19 heavy (non-hydrogen) atoms. The van der Waals surface area contributed by atoms with Gasteiger partial charge in [0.2, 0.25) is 0 Å². The number of amides is 1. The van der Waals surface area contributed by atoms with E-state index in [1.165, 1.54) is 0 Å². The fraction of sp³-hybridized carbons (Fsp3) is 0.846. The number of rotatable bonds is 5. The van der Waals surface area contributed by atoms with Crippen LogP contribution in [0.1, 0.15) is 40.0 Å². The van der Waals surface area contributed by atoms with E-state index in [4.69, 9.17) is 9.84 Å². The van der Waals surface area contributed by atoms with Crippen LogP contribution in [0.4, 0.5) is 4.79 Å². The Bertz CT molecular complexity index is 325. The Morgan fingerprint density at radius 1 is 1.42 bits per heavy atom. The molecule has 6 heteroatoms. The molecule has 0 saturated carbocycles. The first kappa shape index (κ1) is 15.8. The van der Waals surface area contributed by atoms with E-state index in [1.807, 2.05) is 20.8 Å². The van der Waals surface area contributed by atoms with E-state index in [0.717, 1.165) is 6.42 Å². The Morgan fingerprint density at radius 3 is 2.68 bits per heavy atom. The standard InChI is InChI=1S/C13H24N2O4/c1-13(2,3)19-12(18)15-8-6-10(9-15)14-7-4-5-11(16)17/h10,14H,4-9H2,1-3H3,(H,16,17). The molecular formula is C13H24N2O4. The molecule has 6 nitrogen and oxygen atoms in total. The molecule has 0 aliphatic carbocycles. The Morgan fingerprint density at radius 2 is 2.11 bits per heavy atom. The number of hydrogen-bond acceptors (Lipinski definition) is 4. The van der Waals surface area contributed by atoms with Crippen molar-refractivity contribution in [3.63, 3.8) is 0 Å². The van der Waals surface area contributed by atoms with Crippen molar-refractivity contribution in [3.05, 3.63) is 0 Å². The summed E-state index contributed by atoms with van der Waals surface area (Å²) in [5.74, 6) is -0.774. The maximum absolute atomic E-state index is 11.8. The van der Waals surface area contributed by atoms with E-state index in [-0.39, 0.29) is 18.6 Å². The maximum Gasteiger partial charge on any atom is 0.410 e. The Hall–Kier alpha value is -1.30. The number of hydrogen-bond donors (Lipinski definition) is 2. The smallest absolute Gasteiger partial charge is 0.410 e. The maximum atomic E-state index is 11.8. The number of carboxylic acids is 1. The second-order valence-electron chi connectivity index (χ2n) is 5.86. The van der Waals surface area contributed by atoms with E-state index in [2.05, 4.69) is 5.32 Å². The van der Waals surface area contributed by atoms with E-state index >= 15 is 0 Å². The van der Waals surface area contributed by atoms with Gasteiger partial charge in [-0.05, 0) is 40.2 Å². The van der Waals surface area contributed by atoms with Crippen LogP contribution < -0.4 is 5.32 Å². The van der Waals surface area contributed by atoms with Crippen LogP contribution in [0.3, 0.4) is 0 Å². The minimum atomic E-state index is -0.774. The summed E-state index contributed by atoms with van der Waals surface area (Å²) in [6.45, 7) is 7.53. The minimum Gasteiger partial charge on any atom is -0.481 e. The summed E-state index contributed by atoms with van der Waals surface area (Å²) in [6, 6.07) is 0.237. The monoisotopic (exact) mass is 272 g/mol. The van der Waals surface area contributed by atoms with Gasteiger partial charge in [0, 0.05) is 25.6 Å². The molecule has 0 aromatic carbocycles. The highest BCUT2D eigenvalue weighted by Gasteiger charge is 2.29. The first-order valence-electron chi connectivity index (χ1n) is 6.71. The normalized spacial score (nSPS) is 19.5. The lowest BCUT2D eigenvalue weighted by atomic mass is 10.2. The van der Waals surface area contributed by atoms with E-state index < -0.39 is 11.6 Å². The zero-order valence-corrected chi connectivity index (χ0v) is 11.9. The zero-order valence-electron chi connectivity index (χ0n) is 11.9. The van der Waals surface area contributed by atoms with Gasteiger partial charge in [0.1, 0.15) is 5.60 Å². The van der Waals surface area contributed by atoms with Gasteiger partial charge in [-0.25, -0.2) is 4.79 Å². The average molecular weight is 272 g/mol. The molecule has 0 spiro atoms. The lowest BCUT2D eigenvalue weighted by molar-refractivity contribution is -0.137. The third-order valence-electron chi connectivity index (χ3n) is 2.84. The number of carboxylic acid groups (broad SMARTS) is 1. The molecule has 1 unspecified atom stereocenters. The SMILES string of the molecule is CC(C)(C)OC(=O)N1CCC(NCCCC(=O)O)C1. The zero-order chi connectivity index (χ0) is 14.5. The van der Waals surface area contributed by atoms with Gasteiger partial charge in [0.15, 0.2) is 0 Å². The molecule has 1 amide bonds. The first-order valence-corrected chi connectivity index (χ1v) is 6.71. The predicted molar refractivity (Wildman–Crippen MR) is 71.1 cm³/mol. The lowest BCUT2D eigenvalue weighted by Crippen LogP contribution is -2.38. The minimum absolute atomic E-state index is 0.176. The lowest BCUT2D eigenvalue weighted by Gasteiger charge is -2.24. The molecule has 110 valence electrons. The van der Waals surface area contributed by atoms with Gasteiger partial charge < -0.3 is 20.1 Å². The van der Waals surface area contributed by atoms with E-state index in [0.29, 0.717) is 26.1 Å². The summed E-state index contributed by atoms with van der Waals surface area (Å²) in [5, 5.41) is 11.8. The van der Waals surface area contributed by atoms with Gasteiger partial charge in [-0.3, -0.25) is 4.79 Å². The number of aliphatic carboxylic acids is 1. The molecule has 0 bridgehead atoms. The molecule has 2 N–H and O–H groups in total. The van der Waals surface area contributed by atoms with Crippen molar-refractivity contribution in [2.75, 3.05) is 19.6 Å². The third-order valence-corrected chi connectivity index (χ3v) is 2.84. The molecule has 0 aromatic heterocycles. The number of carbonyl (C=O) groups excluding carboxylic acids is 1. The van der Waals surface area contributed by atoms with Crippen LogP contribution >= 0.6 is 0 Å². The van der Waals surface area contributed by atoms with Crippen molar-refractivity contribution in [3.8, 4) is 0 Å². The number of likely N-dealkylation sites (tertiary alicyclic amines) is 1. The number of ether oxygens (including phenoxy) is 1. The molecule has 1 heterocycles. The van der Waals surface area contributed by atoms with Gasteiger partial charge in [-0.1, -0.05) is 0 Å². The Kier molecular flexibility index (Phi) is 5.60. The fourth-order valence-corrected chi connectivity index (χ4v) is 1.96. The number of nitrogens with one attached hydrogen (secondary N) is 1. The van der Waals surface area contributed by atoms with Crippen LogP contribution in [0.15, 0.2) is 0 Å². The van der Waals surface area contributed by atoms with E-state index in [9.17, 15) is 9.59 Å². The molecule has 1 aliphatic heterocycles. The highest BCUT2D eigenvalue weighted by molar-refractivity contribution is 5.68. The second kappa shape index (κ2) is 6.75. The fourth-order valence-electron chi connectivity index (χ4n) is 1.96. The van der Waals surface area contributed by atoms with Crippen LogP contribution in [-0.2, 0) is 9.53 Å². The topological polar surface area (TPSA) is 78.9 Å². The Balaban J connectivity index is 2.22. The van der Waals surface area contributed by atoms with Gasteiger partial charge >= 0.3 is 12.1 Å². The quantitative estimate of drug-likeness (QED) is 0.741. The highest BCUT2D eigenvalue weighted by Crippen LogP contribution is 2.15. The molecule has 1 atom stereocenters. The summed E-state index contributed by atoms with van der Waals surface area (Å²) in [4.78, 5) is 23.9. The van der Waals surface area contributed by atoms with Crippen LogP contribution in [0, 0.1) is 0 Å². The van der Waals surface area contributed by atoms with Crippen LogP contribution in [0.25, 0.3) is 0 Å². The molecule has 1 rings (SSSR count). The summed E-state index contributed by atoms with van der Waals surface area (Å²) in [5.41, 5.74) is -0.468. The van der Waals surface area contributed by atoms with Gasteiger partial charge in [-0.2, -0.15) is 0 Å². The van der Waals surface area contributed by atoms with Crippen LogP contribution in [0.2, 0.25) is 0 Å². The van der Waals surface area contributed by atoms with Crippen LogP contribution in [-0.4, -0.2) is 53.3 Å². The molecule has 0 aromatic rings. The van der Waals surface area contributed by atoms with Crippen LogP contribution in [0.5, 0.6) is 0 Å². The molecular weight excluding hydrogens is 248 g/mol. The Labute approximate surface area is 114 Å². The van der Waals surface area contributed by atoms with E-state index in [1.54, 1.807) is 4.90 Å². The highest BCUT2D eigenvalue weighted by atomic mass is 16.6. The average Bonchev–Trinajstić information content (AvgIpc) is 2.70. The van der Waals surface area contributed by atoms with Gasteiger partial charge in [0.25, 0.3) is 0 Å². The summed E-state index contributed by atoms with van der Waals surface area (Å²) >= 11 is 0. The molecule has 1 fully saturated rings. The van der Waals surface area contributed by atoms with Gasteiger partial charge in [-0.15, -0.1) is 0 Å². The first-order chi connectivity index (χ1) is 8.78. The summed E-state index contributed by atoms with van der Waals surface area (Å²) in [7, 11) is 0. The third kappa shape index (κ3) is 6.42. The van der Waals surface area contributed by atoms with Crippen molar-refractivity contribution in [1.82, 2.24) is 10.2 Å². The summed E-state index contributed by atoms with van der Waals surface area (Å²) in [6.07, 6.45) is 1.39. The molecule has 1 aliphatic rings. The van der Waals surface area contributed by atoms with Crippen molar-refractivity contribution < 1.29 is 19.4 Å². The van der Waals surface area contributed by atoms with Crippen molar-refractivity contribution >= 4 is 12.1 Å². The molecule has 1 saturated heterocycles. The van der Waals surface area contributed by atoms with Gasteiger partial charge in [0.05, 0.1) is 0 Å². The largest absolute Gasteiger partial charge is 0.481 e. The van der Waals surface area contributed by atoms with Crippen molar-refractivity contribution in [2.45, 2.75) is 51.7 Å². The number of nitrogens with zero attached hydrogens (tertiary/aromatic N) is 1.